The summed E-state index contributed by atoms with van der Waals surface area (Å²) in [4.78, 5) is 41.9. The van der Waals surface area contributed by atoms with Crippen LogP contribution in [0.4, 0.5) is 11.4 Å². The predicted molar refractivity (Wildman–Crippen MR) is 147 cm³/mol. The number of nitro benzene ring substituents is 1. The molecule has 9 heteroatoms. The van der Waals surface area contributed by atoms with Crippen molar-refractivity contribution in [3.63, 3.8) is 0 Å². The summed E-state index contributed by atoms with van der Waals surface area (Å²) in [6.45, 7) is 1.32. The van der Waals surface area contributed by atoms with Crippen LogP contribution in [0, 0.1) is 10.1 Å². The molecule has 0 bridgehead atoms. The average Bonchev–Trinajstić information content (AvgIpc) is 3.52. The number of nitro groups is 1. The third-order valence-corrected chi connectivity index (χ3v) is 6.81. The molecule has 3 aromatic carbocycles. The maximum Gasteiger partial charge on any atom is 0.276 e. The molecule has 0 spiro atoms. The monoisotopic (exact) mass is 522 g/mol. The van der Waals surface area contributed by atoms with Crippen LogP contribution in [0.5, 0.6) is 0 Å². The van der Waals surface area contributed by atoms with E-state index in [9.17, 15) is 19.7 Å². The van der Waals surface area contributed by atoms with Crippen LogP contribution in [0.25, 0.3) is 17.4 Å². The molecule has 9 nitrogen and oxygen atoms in total. The molecule has 1 fully saturated rings. The van der Waals surface area contributed by atoms with Crippen LogP contribution >= 0.6 is 0 Å². The lowest BCUT2D eigenvalue weighted by atomic mass is 9.89. The highest BCUT2D eigenvalue weighted by Gasteiger charge is 2.25. The summed E-state index contributed by atoms with van der Waals surface area (Å²) in [7, 11) is 0. The van der Waals surface area contributed by atoms with Crippen molar-refractivity contribution in [1.82, 2.24) is 9.88 Å². The maximum absolute atomic E-state index is 13.1. The number of carbonyl (C=O) groups excluding carboxylic acids is 2. The number of hydrogen-bond donors (Lipinski definition) is 1. The number of anilines is 1. The molecule has 2 amide bonds. The van der Waals surface area contributed by atoms with Gasteiger partial charge in [0.05, 0.1) is 16.7 Å². The number of benzene rings is 3. The zero-order valence-electron chi connectivity index (χ0n) is 21.0. The molecule has 0 atom stereocenters. The summed E-state index contributed by atoms with van der Waals surface area (Å²) in [6.07, 6.45) is 7.40. The minimum absolute atomic E-state index is 0.00163. The maximum atomic E-state index is 13.1. The number of nitrogens with one attached hydrogen (secondary N) is 1. The summed E-state index contributed by atoms with van der Waals surface area (Å²) < 4.78 is 5.35. The summed E-state index contributed by atoms with van der Waals surface area (Å²) in [5, 5.41) is 13.9. The second kappa shape index (κ2) is 11.6. The molecule has 0 aliphatic carbocycles. The molecule has 5 rings (SSSR count). The molecule has 1 aromatic heterocycles. The minimum Gasteiger partial charge on any atom is -0.444 e. The molecule has 196 valence electrons. The number of piperidine rings is 1. The number of rotatable bonds is 7. The minimum atomic E-state index is -0.478. The van der Waals surface area contributed by atoms with E-state index in [1.54, 1.807) is 24.4 Å². The number of nitrogens with zero attached hydrogens (tertiary/aromatic N) is 3. The number of likely N-dealkylation sites (tertiary alicyclic amines) is 1. The average molecular weight is 523 g/mol. The lowest BCUT2D eigenvalue weighted by molar-refractivity contribution is -0.385. The predicted octanol–water partition coefficient (Wildman–Crippen LogP) is 5.92. The van der Waals surface area contributed by atoms with Crippen molar-refractivity contribution in [2.24, 2.45) is 0 Å². The normalized spacial score (nSPS) is 13.9. The van der Waals surface area contributed by atoms with Crippen LogP contribution in [-0.4, -0.2) is 39.7 Å². The molecular formula is C30H26N4O5. The first kappa shape index (κ1) is 25.6. The van der Waals surface area contributed by atoms with E-state index in [0.717, 1.165) is 24.0 Å². The van der Waals surface area contributed by atoms with Gasteiger partial charge in [-0.15, -0.1) is 0 Å². The second-order valence-electron chi connectivity index (χ2n) is 9.27. The fraction of sp³-hybridized carbons (Fsp3) is 0.167. The van der Waals surface area contributed by atoms with E-state index in [-0.39, 0.29) is 17.5 Å². The number of aromatic nitrogens is 1. The van der Waals surface area contributed by atoms with Gasteiger partial charge in [-0.25, -0.2) is 4.98 Å². The Morgan fingerprint density at radius 1 is 1.03 bits per heavy atom. The van der Waals surface area contributed by atoms with Gasteiger partial charge in [0.1, 0.15) is 0 Å². The number of hydrogen-bond acceptors (Lipinski definition) is 6. The van der Waals surface area contributed by atoms with E-state index in [0.29, 0.717) is 41.6 Å². The summed E-state index contributed by atoms with van der Waals surface area (Å²) >= 11 is 0. The topological polar surface area (TPSA) is 119 Å². The smallest absolute Gasteiger partial charge is 0.276 e. The highest BCUT2D eigenvalue weighted by atomic mass is 16.6. The lowest BCUT2D eigenvalue weighted by Gasteiger charge is -2.32. The van der Waals surface area contributed by atoms with E-state index in [4.69, 9.17) is 4.42 Å². The molecule has 0 radical (unpaired) electrons. The fourth-order valence-corrected chi connectivity index (χ4v) is 4.75. The van der Waals surface area contributed by atoms with E-state index in [1.807, 2.05) is 53.4 Å². The van der Waals surface area contributed by atoms with Gasteiger partial charge >= 0.3 is 0 Å². The van der Waals surface area contributed by atoms with Gasteiger partial charge < -0.3 is 14.6 Å². The Hall–Kier alpha value is -5.05. The molecule has 0 saturated carbocycles. The summed E-state index contributed by atoms with van der Waals surface area (Å²) in [6, 6.07) is 21.3. The first-order valence-corrected chi connectivity index (χ1v) is 12.6. The number of amides is 2. The quantitative estimate of drug-likeness (QED) is 0.183. The van der Waals surface area contributed by atoms with Gasteiger partial charge in [0.25, 0.3) is 11.6 Å². The standard InChI is InChI=1S/C30H26N4O5/c35-29(13-10-23-4-1-2-7-27(23)34(37)38)32-26-11-8-21(9-12-26)22-14-16-33(17-15-22)30(36)25-6-3-5-24(18-25)28-19-31-20-39-28/h1-13,18-20,22H,14-17H2,(H,32,35)/b13-10+. The third kappa shape index (κ3) is 6.10. The summed E-state index contributed by atoms with van der Waals surface area (Å²) in [5.74, 6) is 0.568. The Morgan fingerprint density at radius 2 is 1.79 bits per heavy atom. The van der Waals surface area contributed by atoms with Crippen LogP contribution < -0.4 is 5.32 Å². The van der Waals surface area contributed by atoms with Crippen molar-refractivity contribution in [2.45, 2.75) is 18.8 Å². The molecular weight excluding hydrogens is 496 g/mol. The lowest BCUT2D eigenvalue weighted by Crippen LogP contribution is -2.37. The van der Waals surface area contributed by atoms with E-state index in [1.165, 1.54) is 24.6 Å². The fourth-order valence-electron chi connectivity index (χ4n) is 4.75. The Morgan fingerprint density at radius 3 is 2.51 bits per heavy atom. The SMILES string of the molecule is O=C(/C=C/c1ccccc1[N+](=O)[O-])Nc1ccc(C2CCN(C(=O)c3cccc(-c4cnco4)c3)CC2)cc1. The van der Waals surface area contributed by atoms with Gasteiger partial charge in [-0.2, -0.15) is 0 Å². The Balaban J connectivity index is 1.15. The van der Waals surface area contributed by atoms with Gasteiger partial charge in [-0.1, -0.05) is 36.4 Å². The first-order valence-electron chi connectivity index (χ1n) is 12.6. The van der Waals surface area contributed by atoms with Crippen LogP contribution in [0.2, 0.25) is 0 Å². The molecule has 1 aliphatic heterocycles. The number of carbonyl (C=O) groups is 2. The Labute approximate surface area is 224 Å². The molecule has 39 heavy (non-hydrogen) atoms. The van der Waals surface area contributed by atoms with Crippen molar-refractivity contribution in [2.75, 3.05) is 18.4 Å². The molecule has 4 aromatic rings. The van der Waals surface area contributed by atoms with Gasteiger partial charge in [-0.05, 0) is 60.7 Å². The van der Waals surface area contributed by atoms with Crippen LogP contribution in [0.3, 0.4) is 0 Å². The Bertz CT molecular complexity index is 1500. The summed E-state index contributed by atoms with van der Waals surface area (Å²) in [5.41, 5.74) is 3.53. The molecule has 1 N–H and O–H groups in total. The van der Waals surface area contributed by atoms with Crippen molar-refractivity contribution in [1.29, 1.82) is 0 Å². The van der Waals surface area contributed by atoms with Crippen molar-refractivity contribution >= 4 is 29.3 Å². The number of oxazole rings is 1. The zero-order valence-corrected chi connectivity index (χ0v) is 21.0. The second-order valence-corrected chi connectivity index (χ2v) is 9.27. The highest BCUT2D eigenvalue weighted by Crippen LogP contribution is 2.30. The van der Waals surface area contributed by atoms with Crippen LogP contribution in [0.15, 0.2) is 95.9 Å². The molecule has 1 aliphatic rings. The number of para-hydroxylation sites is 1. The van der Waals surface area contributed by atoms with E-state index < -0.39 is 4.92 Å². The van der Waals surface area contributed by atoms with Crippen molar-refractivity contribution in [3.05, 3.63) is 118 Å². The van der Waals surface area contributed by atoms with Crippen molar-refractivity contribution in [3.8, 4) is 11.3 Å². The van der Waals surface area contributed by atoms with Crippen LogP contribution in [-0.2, 0) is 4.79 Å². The Kier molecular flexibility index (Phi) is 7.58. The third-order valence-electron chi connectivity index (χ3n) is 6.81. The van der Waals surface area contributed by atoms with E-state index in [2.05, 4.69) is 10.3 Å². The van der Waals surface area contributed by atoms with Gasteiger partial charge in [0.15, 0.2) is 12.2 Å². The molecule has 0 unspecified atom stereocenters. The zero-order chi connectivity index (χ0) is 27.2. The van der Waals surface area contributed by atoms with Gasteiger partial charge in [0, 0.05) is 42.0 Å². The van der Waals surface area contributed by atoms with Gasteiger partial charge in [-0.3, -0.25) is 19.7 Å². The van der Waals surface area contributed by atoms with Crippen LogP contribution in [0.1, 0.15) is 40.2 Å². The highest BCUT2D eigenvalue weighted by molar-refractivity contribution is 6.02. The van der Waals surface area contributed by atoms with E-state index >= 15 is 0 Å². The largest absolute Gasteiger partial charge is 0.444 e. The molecule has 1 saturated heterocycles. The van der Waals surface area contributed by atoms with Gasteiger partial charge in [0.2, 0.25) is 5.91 Å². The molecule has 2 heterocycles. The van der Waals surface area contributed by atoms with Crippen molar-refractivity contribution < 1.29 is 18.9 Å². The first-order chi connectivity index (χ1) is 19.0.